The van der Waals surface area contributed by atoms with Crippen LogP contribution in [-0.2, 0) is 0 Å². The zero-order valence-corrected chi connectivity index (χ0v) is 13.2. The van der Waals surface area contributed by atoms with Crippen LogP contribution < -0.4 is 10.2 Å². The average Bonchev–Trinajstić information content (AvgIpc) is 3.12. The molecule has 1 saturated heterocycles. The molecule has 1 N–H and O–H groups in total. The third kappa shape index (κ3) is 3.16. The smallest absolute Gasteiger partial charge is 0.286 e. The van der Waals surface area contributed by atoms with Crippen molar-refractivity contribution in [3.8, 4) is 0 Å². The number of rotatable bonds is 3. The molecule has 0 radical (unpaired) electrons. The normalized spacial score (nSPS) is 14.5. The molecule has 0 atom stereocenters. The van der Waals surface area contributed by atoms with E-state index in [1.807, 2.05) is 19.1 Å². The number of carbonyl (C=O) groups excluding carboxylic acids is 1. The van der Waals surface area contributed by atoms with E-state index in [0.717, 1.165) is 35.7 Å². The quantitative estimate of drug-likeness (QED) is 0.941. The molecule has 110 valence electrons. The minimum Gasteiger partial charge on any atom is -0.372 e. The molecule has 21 heavy (non-hydrogen) atoms. The Hall–Kier alpha value is -1.66. The molecular formula is C14H15ClN4OS. The molecule has 7 heteroatoms. The van der Waals surface area contributed by atoms with Gasteiger partial charge in [-0.25, -0.2) is 0 Å². The van der Waals surface area contributed by atoms with Crippen molar-refractivity contribution in [3.63, 3.8) is 0 Å². The molecule has 1 aromatic carbocycles. The first-order chi connectivity index (χ1) is 10.1. The highest BCUT2D eigenvalue weighted by atomic mass is 35.5. The standard InChI is InChI=1S/C14H15ClN4OS/c1-9-8-10(19-6-2-3-7-19)4-5-11(9)16-12(20)13-17-18-14(15)21-13/h4-5,8H,2-3,6-7H2,1H3,(H,16,20). The van der Waals surface area contributed by atoms with Gasteiger partial charge in [0.2, 0.25) is 9.47 Å². The van der Waals surface area contributed by atoms with Crippen molar-refractivity contribution >= 4 is 40.2 Å². The molecule has 0 spiro atoms. The van der Waals surface area contributed by atoms with Crippen molar-refractivity contribution in [2.45, 2.75) is 19.8 Å². The number of anilines is 2. The third-order valence-corrected chi connectivity index (χ3v) is 4.54. The van der Waals surface area contributed by atoms with Gasteiger partial charge in [0.15, 0.2) is 0 Å². The van der Waals surface area contributed by atoms with Crippen molar-refractivity contribution in [2.75, 3.05) is 23.3 Å². The van der Waals surface area contributed by atoms with Gasteiger partial charge in [0.05, 0.1) is 0 Å². The molecule has 3 rings (SSSR count). The number of nitrogens with zero attached hydrogens (tertiary/aromatic N) is 3. The van der Waals surface area contributed by atoms with E-state index in [4.69, 9.17) is 11.6 Å². The summed E-state index contributed by atoms with van der Waals surface area (Å²) in [6, 6.07) is 6.08. The van der Waals surface area contributed by atoms with Crippen LogP contribution >= 0.6 is 22.9 Å². The molecule has 1 aliphatic rings. The second-order valence-electron chi connectivity index (χ2n) is 5.01. The summed E-state index contributed by atoms with van der Waals surface area (Å²) in [6.07, 6.45) is 2.49. The minimum absolute atomic E-state index is 0.265. The summed E-state index contributed by atoms with van der Waals surface area (Å²) < 4.78 is 0.265. The molecule has 1 amide bonds. The molecule has 0 unspecified atom stereocenters. The summed E-state index contributed by atoms with van der Waals surface area (Å²) in [5.74, 6) is -0.281. The Morgan fingerprint density at radius 2 is 2.10 bits per heavy atom. The van der Waals surface area contributed by atoms with Crippen molar-refractivity contribution in [3.05, 3.63) is 33.2 Å². The lowest BCUT2D eigenvalue weighted by molar-refractivity contribution is 0.102. The maximum absolute atomic E-state index is 12.0. The predicted molar refractivity (Wildman–Crippen MR) is 85.5 cm³/mol. The highest BCUT2D eigenvalue weighted by molar-refractivity contribution is 7.17. The number of carbonyl (C=O) groups is 1. The number of nitrogens with one attached hydrogen (secondary N) is 1. The van der Waals surface area contributed by atoms with Gasteiger partial charge in [-0.3, -0.25) is 4.79 Å². The van der Waals surface area contributed by atoms with E-state index in [-0.39, 0.29) is 15.4 Å². The Morgan fingerprint density at radius 1 is 1.33 bits per heavy atom. The van der Waals surface area contributed by atoms with Crippen molar-refractivity contribution in [1.29, 1.82) is 0 Å². The van der Waals surface area contributed by atoms with E-state index in [2.05, 4.69) is 26.5 Å². The number of hydrogen-bond donors (Lipinski definition) is 1. The van der Waals surface area contributed by atoms with Crippen LogP contribution in [0.1, 0.15) is 28.2 Å². The fourth-order valence-corrected chi connectivity index (χ4v) is 3.16. The van der Waals surface area contributed by atoms with E-state index >= 15 is 0 Å². The zero-order valence-electron chi connectivity index (χ0n) is 11.6. The van der Waals surface area contributed by atoms with E-state index in [0.29, 0.717) is 0 Å². The highest BCUT2D eigenvalue weighted by Gasteiger charge is 2.15. The fourth-order valence-electron chi connectivity index (χ4n) is 2.43. The van der Waals surface area contributed by atoms with Crippen molar-refractivity contribution in [1.82, 2.24) is 10.2 Å². The van der Waals surface area contributed by atoms with Crippen LogP contribution in [0, 0.1) is 6.92 Å². The van der Waals surface area contributed by atoms with Crippen LogP contribution in [0.25, 0.3) is 0 Å². The summed E-state index contributed by atoms with van der Waals surface area (Å²) in [5.41, 5.74) is 3.03. The number of aryl methyl sites for hydroxylation is 1. The first-order valence-electron chi connectivity index (χ1n) is 6.79. The Kier molecular flexibility index (Phi) is 4.07. The fraction of sp³-hybridized carbons (Fsp3) is 0.357. The van der Waals surface area contributed by atoms with E-state index < -0.39 is 0 Å². The molecule has 2 heterocycles. The number of benzene rings is 1. The summed E-state index contributed by atoms with van der Waals surface area (Å²) in [6.45, 7) is 4.20. The van der Waals surface area contributed by atoms with Crippen LogP contribution in [0.15, 0.2) is 18.2 Å². The molecule has 0 saturated carbocycles. The topological polar surface area (TPSA) is 58.1 Å². The van der Waals surface area contributed by atoms with E-state index in [9.17, 15) is 4.79 Å². The summed E-state index contributed by atoms with van der Waals surface area (Å²) >= 11 is 6.76. The summed E-state index contributed by atoms with van der Waals surface area (Å²) in [7, 11) is 0. The number of amides is 1. The van der Waals surface area contributed by atoms with Crippen LogP contribution in [0.4, 0.5) is 11.4 Å². The second kappa shape index (κ2) is 5.99. The van der Waals surface area contributed by atoms with Crippen molar-refractivity contribution < 1.29 is 4.79 Å². The number of hydrogen-bond acceptors (Lipinski definition) is 5. The van der Waals surface area contributed by atoms with Crippen LogP contribution in [0.2, 0.25) is 4.47 Å². The lowest BCUT2D eigenvalue weighted by Gasteiger charge is -2.19. The summed E-state index contributed by atoms with van der Waals surface area (Å²) in [4.78, 5) is 14.4. The molecule has 1 fully saturated rings. The lowest BCUT2D eigenvalue weighted by Crippen LogP contribution is -2.18. The Balaban J connectivity index is 1.75. The van der Waals surface area contributed by atoms with E-state index in [1.54, 1.807) is 0 Å². The Labute approximate surface area is 131 Å². The van der Waals surface area contributed by atoms with Gasteiger partial charge >= 0.3 is 0 Å². The van der Waals surface area contributed by atoms with Gasteiger partial charge in [0, 0.05) is 24.5 Å². The van der Waals surface area contributed by atoms with Gasteiger partial charge in [-0.15, -0.1) is 10.2 Å². The number of halogens is 1. The lowest BCUT2D eigenvalue weighted by atomic mass is 10.1. The Morgan fingerprint density at radius 3 is 2.71 bits per heavy atom. The summed E-state index contributed by atoms with van der Waals surface area (Å²) in [5, 5.41) is 10.5. The van der Waals surface area contributed by atoms with Gasteiger partial charge in [-0.1, -0.05) is 11.3 Å². The van der Waals surface area contributed by atoms with Crippen molar-refractivity contribution in [2.24, 2.45) is 0 Å². The number of aromatic nitrogens is 2. The van der Waals surface area contributed by atoms with Crippen LogP contribution in [0.5, 0.6) is 0 Å². The monoisotopic (exact) mass is 322 g/mol. The first kappa shape index (κ1) is 14.3. The molecule has 1 aliphatic heterocycles. The van der Waals surface area contributed by atoms with Gasteiger partial charge < -0.3 is 10.2 Å². The largest absolute Gasteiger partial charge is 0.372 e. The maximum atomic E-state index is 12.0. The third-order valence-electron chi connectivity index (χ3n) is 3.52. The SMILES string of the molecule is Cc1cc(N2CCCC2)ccc1NC(=O)c1nnc(Cl)s1. The first-order valence-corrected chi connectivity index (χ1v) is 7.99. The Bertz CT molecular complexity index is 667. The maximum Gasteiger partial charge on any atom is 0.286 e. The van der Waals surface area contributed by atoms with E-state index in [1.165, 1.54) is 18.5 Å². The average molecular weight is 323 g/mol. The molecular weight excluding hydrogens is 308 g/mol. The van der Waals surface area contributed by atoms with Crippen LogP contribution in [0.3, 0.4) is 0 Å². The molecule has 0 aliphatic carbocycles. The minimum atomic E-state index is -0.281. The second-order valence-corrected chi connectivity index (χ2v) is 6.57. The van der Waals surface area contributed by atoms with Gasteiger partial charge in [-0.05, 0) is 55.1 Å². The molecule has 1 aromatic heterocycles. The van der Waals surface area contributed by atoms with Gasteiger partial charge in [-0.2, -0.15) is 0 Å². The van der Waals surface area contributed by atoms with Gasteiger partial charge in [0.25, 0.3) is 5.91 Å². The highest BCUT2D eigenvalue weighted by Crippen LogP contribution is 2.26. The van der Waals surface area contributed by atoms with Gasteiger partial charge in [0.1, 0.15) is 0 Å². The predicted octanol–water partition coefficient (Wildman–Crippen LogP) is 3.35. The zero-order chi connectivity index (χ0) is 14.8. The molecule has 0 bridgehead atoms. The molecule has 2 aromatic rings. The molecule has 5 nitrogen and oxygen atoms in total. The van der Waals surface area contributed by atoms with Crippen LogP contribution in [-0.4, -0.2) is 29.2 Å².